The van der Waals surface area contributed by atoms with Gasteiger partial charge in [-0.25, -0.2) is 0 Å². The minimum atomic E-state index is -0.331. The monoisotopic (exact) mass is 456 g/mol. The van der Waals surface area contributed by atoms with Crippen molar-refractivity contribution in [2.45, 2.75) is 20.3 Å². The fourth-order valence-electron chi connectivity index (χ4n) is 3.91. The molecule has 1 aliphatic heterocycles. The van der Waals surface area contributed by atoms with E-state index < -0.39 is 0 Å². The van der Waals surface area contributed by atoms with Crippen LogP contribution in [0.4, 0.5) is 5.69 Å². The number of aryl methyl sites for hydroxylation is 2. The van der Waals surface area contributed by atoms with Crippen LogP contribution in [0.1, 0.15) is 22.3 Å². The Morgan fingerprint density at radius 3 is 1.97 bits per heavy atom. The van der Waals surface area contributed by atoms with Crippen molar-refractivity contribution in [3.8, 4) is 11.5 Å². The third-order valence-electron chi connectivity index (χ3n) is 6.11. The summed E-state index contributed by atoms with van der Waals surface area (Å²) < 4.78 is 10.4. The molecule has 0 aromatic heterocycles. The van der Waals surface area contributed by atoms with Crippen LogP contribution in [0, 0.1) is 13.8 Å². The van der Waals surface area contributed by atoms with Gasteiger partial charge in [0.1, 0.15) is 17.2 Å². The number of ether oxygens (including phenoxy) is 2. The topological polar surface area (TPSA) is 67.9 Å². The molecule has 34 heavy (non-hydrogen) atoms. The van der Waals surface area contributed by atoms with Gasteiger partial charge in [-0.3, -0.25) is 14.5 Å². The number of carbonyl (C=O) groups excluding carboxylic acids is 2. The molecule has 0 unspecified atom stereocenters. The Morgan fingerprint density at radius 1 is 0.765 bits per heavy atom. The molecule has 3 aromatic carbocycles. The minimum absolute atomic E-state index is 0.284. The SMILES string of the molecule is COc1ccc(CCN2C(=O)C(Nc3ccc(OC)cc3)=C(c3ccc(C)c(C)c3)C2=O)cc1. The number of rotatable bonds is 8. The summed E-state index contributed by atoms with van der Waals surface area (Å²) in [4.78, 5) is 28.3. The van der Waals surface area contributed by atoms with Gasteiger partial charge < -0.3 is 14.8 Å². The van der Waals surface area contributed by atoms with Gasteiger partial charge in [-0.15, -0.1) is 0 Å². The number of anilines is 1. The van der Waals surface area contributed by atoms with E-state index in [2.05, 4.69) is 5.32 Å². The van der Waals surface area contributed by atoms with Crippen LogP contribution in [-0.2, 0) is 16.0 Å². The molecule has 0 saturated carbocycles. The molecule has 2 amide bonds. The van der Waals surface area contributed by atoms with Gasteiger partial charge in [-0.05, 0) is 78.9 Å². The molecule has 1 aliphatic rings. The van der Waals surface area contributed by atoms with Crippen molar-refractivity contribution in [1.82, 2.24) is 4.90 Å². The maximum Gasteiger partial charge on any atom is 0.278 e. The number of imide groups is 1. The molecule has 1 heterocycles. The second kappa shape index (κ2) is 9.83. The summed E-state index contributed by atoms with van der Waals surface area (Å²) in [6, 6.07) is 20.7. The van der Waals surface area contributed by atoms with Crippen LogP contribution in [0.3, 0.4) is 0 Å². The fourth-order valence-corrected chi connectivity index (χ4v) is 3.91. The summed E-state index contributed by atoms with van der Waals surface area (Å²) in [5, 5.41) is 3.19. The van der Waals surface area contributed by atoms with E-state index >= 15 is 0 Å². The highest BCUT2D eigenvalue weighted by Crippen LogP contribution is 2.32. The summed E-state index contributed by atoms with van der Waals surface area (Å²) >= 11 is 0. The van der Waals surface area contributed by atoms with Crippen LogP contribution in [0.5, 0.6) is 11.5 Å². The first-order chi connectivity index (χ1) is 16.4. The highest BCUT2D eigenvalue weighted by atomic mass is 16.5. The number of amides is 2. The Bertz CT molecular complexity index is 1240. The maximum atomic E-state index is 13.5. The van der Waals surface area contributed by atoms with Crippen molar-refractivity contribution in [2.75, 3.05) is 26.1 Å². The van der Waals surface area contributed by atoms with E-state index in [9.17, 15) is 9.59 Å². The van der Waals surface area contributed by atoms with Gasteiger partial charge in [0.25, 0.3) is 11.8 Å². The summed E-state index contributed by atoms with van der Waals surface area (Å²) in [7, 11) is 3.22. The second-order valence-electron chi connectivity index (χ2n) is 8.26. The van der Waals surface area contributed by atoms with Crippen molar-refractivity contribution in [3.63, 3.8) is 0 Å². The molecular weight excluding hydrogens is 428 g/mol. The molecule has 0 fully saturated rings. The first-order valence-electron chi connectivity index (χ1n) is 11.1. The smallest absolute Gasteiger partial charge is 0.278 e. The maximum absolute atomic E-state index is 13.5. The van der Waals surface area contributed by atoms with E-state index in [1.54, 1.807) is 26.4 Å². The van der Waals surface area contributed by atoms with Crippen molar-refractivity contribution in [1.29, 1.82) is 0 Å². The lowest BCUT2D eigenvalue weighted by Gasteiger charge is -2.15. The lowest BCUT2D eigenvalue weighted by atomic mass is 9.99. The standard InChI is InChI=1S/C28H28N2O4/c1-18-5-8-21(17-19(18)2)25-26(29-22-9-13-24(34-4)14-10-22)28(32)30(27(25)31)16-15-20-6-11-23(33-3)12-7-20/h5-14,17,29H,15-16H2,1-4H3. The van der Waals surface area contributed by atoms with Crippen molar-refractivity contribution in [3.05, 3.63) is 94.7 Å². The summed E-state index contributed by atoms with van der Waals surface area (Å²) in [5.41, 5.74) is 5.31. The largest absolute Gasteiger partial charge is 0.497 e. The van der Waals surface area contributed by atoms with Crippen LogP contribution in [0.15, 0.2) is 72.4 Å². The molecule has 0 radical (unpaired) electrons. The van der Waals surface area contributed by atoms with Gasteiger partial charge >= 0.3 is 0 Å². The predicted molar refractivity (Wildman–Crippen MR) is 133 cm³/mol. The van der Waals surface area contributed by atoms with Crippen molar-refractivity contribution < 1.29 is 19.1 Å². The van der Waals surface area contributed by atoms with E-state index in [1.165, 1.54) is 4.90 Å². The zero-order valence-electron chi connectivity index (χ0n) is 19.8. The molecular formula is C28H28N2O4. The second-order valence-corrected chi connectivity index (χ2v) is 8.26. The Labute approximate surface area is 199 Å². The Morgan fingerprint density at radius 2 is 1.38 bits per heavy atom. The van der Waals surface area contributed by atoms with E-state index in [1.807, 2.05) is 68.4 Å². The average molecular weight is 457 g/mol. The zero-order valence-corrected chi connectivity index (χ0v) is 19.8. The van der Waals surface area contributed by atoms with Crippen molar-refractivity contribution in [2.24, 2.45) is 0 Å². The molecule has 0 spiro atoms. The highest BCUT2D eigenvalue weighted by Gasteiger charge is 2.39. The van der Waals surface area contributed by atoms with Crippen LogP contribution >= 0.6 is 0 Å². The zero-order chi connectivity index (χ0) is 24.2. The third-order valence-corrected chi connectivity index (χ3v) is 6.11. The van der Waals surface area contributed by atoms with Crippen LogP contribution < -0.4 is 14.8 Å². The van der Waals surface area contributed by atoms with Gasteiger partial charge in [-0.1, -0.05) is 30.3 Å². The molecule has 0 bridgehead atoms. The lowest BCUT2D eigenvalue weighted by molar-refractivity contribution is -0.136. The van der Waals surface area contributed by atoms with Crippen LogP contribution in [-0.4, -0.2) is 37.5 Å². The lowest BCUT2D eigenvalue weighted by Crippen LogP contribution is -2.34. The molecule has 6 nitrogen and oxygen atoms in total. The van der Waals surface area contributed by atoms with Gasteiger partial charge in [0.2, 0.25) is 0 Å². The first kappa shape index (κ1) is 23.1. The van der Waals surface area contributed by atoms with Crippen LogP contribution in [0.25, 0.3) is 5.57 Å². The summed E-state index contributed by atoms with van der Waals surface area (Å²) in [6.45, 7) is 4.30. The van der Waals surface area contributed by atoms with Gasteiger partial charge in [-0.2, -0.15) is 0 Å². The molecule has 174 valence electrons. The molecule has 6 heteroatoms. The average Bonchev–Trinajstić information content (AvgIpc) is 3.09. The van der Waals surface area contributed by atoms with Gasteiger partial charge in [0.15, 0.2) is 0 Å². The number of benzene rings is 3. The van der Waals surface area contributed by atoms with E-state index in [0.717, 1.165) is 28.0 Å². The normalized spacial score (nSPS) is 13.5. The molecule has 0 atom stereocenters. The molecule has 0 aliphatic carbocycles. The number of methoxy groups -OCH3 is 2. The van der Waals surface area contributed by atoms with E-state index in [4.69, 9.17) is 9.47 Å². The minimum Gasteiger partial charge on any atom is -0.497 e. The molecule has 4 rings (SSSR count). The van der Waals surface area contributed by atoms with Crippen molar-refractivity contribution >= 4 is 23.1 Å². The first-order valence-corrected chi connectivity index (χ1v) is 11.1. The van der Waals surface area contributed by atoms with Gasteiger partial charge in [0.05, 0.1) is 19.8 Å². The molecule has 1 N–H and O–H groups in total. The quantitative estimate of drug-likeness (QED) is 0.495. The number of hydrogen-bond acceptors (Lipinski definition) is 5. The fraction of sp³-hybridized carbons (Fsp3) is 0.214. The number of carbonyl (C=O) groups is 2. The molecule has 0 saturated heterocycles. The highest BCUT2D eigenvalue weighted by molar-refractivity contribution is 6.36. The van der Waals surface area contributed by atoms with E-state index in [0.29, 0.717) is 23.4 Å². The number of hydrogen-bond donors (Lipinski definition) is 1. The predicted octanol–water partition coefficient (Wildman–Crippen LogP) is 4.76. The molecule has 3 aromatic rings. The Balaban J connectivity index is 1.64. The van der Waals surface area contributed by atoms with Gasteiger partial charge in [0, 0.05) is 12.2 Å². The Hall–Kier alpha value is -4.06. The number of nitrogens with zero attached hydrogens (tertiary/aromatic N) is 1. The summed E-state index contributed by atoms with van der Waals surface area (Å²) in [6.07, 6.45) is 0.553. The van der Waals surface area contributed by atoms with E-state index in [-0.39, 0.29) is 24.1 Å². The summed E-state index contributed by atoms with van der Waals surface area (Å²) in [5.74, 6) is 0.853. The Kier molecular flexibility index (Phi) is 6.68. The van der Waals surface area contributed by atoms with Crippen LogP contribution in [0.2, 0.25) is 0 Å². The number of nitrogens with one attached hydrogen (secondary N) is 1. The third kappa shape index (κ3) is 4.66.